The summed E-state index contributed by atoms with van der Waals surface area (Å²) in [7, 11) is -2.08. The Morgan fingerprint density at radius 3 is 1.73 bits per heavy atom. The third-order valence-corrected chi connectivity index (χ3v) is 17.2. The van der Waals surface area contributed by atoms with Crippen molar-refractivity contribution in [1.29, 1.82) is 0 Å². The number of rotatable bonds is 6. The Morgan fingerprint density at radius 2 is 1.08 bits per heavy atom. The van der Waals surface area contributed by atoms with Gasteiger partial charge in [-0.15, -0.1) is 0 Å². The molecule has 0 atom stereocenters. The molecular formula is C69H68N4OSi. The van der Waals surface area contributed by atoms with Gasteiger partial charge in [0.05, 0.1) is 35.8 Å². The van der Waals surface area contributed by atoms with Crippen LogP contribution in [0.15, 0.2) is 182 Å². The molecule has 0 aliphatic carbocycles. The summed E-state index contributed by atoms with van der Waals surface area (Å²) in [6.45, 7) is 9.44. The van der Waals surface area contributed by atoms with Crippen LogP contribution in [0.25, 0.3) is 82.1 Å². The molecule has 75 heavy (non-hydrogen) atoms. The molecule has 1 aliphatic heterocycles. The molecule has 0 bridgehead atoms. The molecule has 0 saturated heterocycles. The minimum Gasteiger partial charge on any atom is -0.457 e. The van der Waals surface area contributed by atoms with Crippen molar-refractivity contribution < 1.29 is 17.1 Å². The van der Waals surface area contributed by atoms with E-state index in [0.717, 1.165) is 82.3 Å². The van der Waals surface area contributed by atoms with E-state index in [0.29, 0.717) is 34.9 Å². The monoisotopic (exact) mass is 1010 g/mol. The van der Waals surface area contributed by atoms with E-state index in [1.807, 2.05) is 63.4 Å². The van der Waals surface area contributed by atoms with Crippen LogP contribution < -0.4 is 14.8 Å². The SMILES string of the molecule is [2H]C([2H])([2H])C(c1cc(-c2cccc3c4ccccc4c4ccccc4c4cccc5c4n(c23)CN5c2cc(Oc3ccc4c5ccccc5n(-c5cc(C(C)(C)C)ccn5)c4c3)cc([Si](C)(C)C)c2)cc(C(C)(C)C)c1)(C([2H])([2H])[2H])C([2H])([2H])[2H]. The summed E-state index contributed by atoms with van der Waals surface area (Å²) in [6.07, 6.45) is 1.89. The molecule has 0 radical (unpaired) electrons. The highest BCUT2D eigenvalue weighted by atomic mass is 28.3. The number of anilines is 2. The van der Waals surface area contributed by atoms with Gasteiger partial charge >= 0.3 is 0 Å². The number of pyridine rings is 1. The summed E-state index contributed by atoms with van der Waals surface area (Å²) in [5.41, 5.74) is 4.29. The zero-order valence-electron chi connectivity index (χ0n) is 53.2. The number of hydrogen-bond donors (Lipinski definition) is 0. The lowest BCUT2D eigenvalue weighted by Crippen LogP contribution is -2.38. The van der Waals surface area contributed by atoms with E-state index in [4.69, 9.17) is 22.1 Å². The number of ether oxygens (including phenoxy) is 1. The quantitative estimate of drug-likeness (QED) is 0.156. The zero-order chi connectivity index (χ0) is 59.8. The Balaban J connectivity index is 1.12. The summed E-state index contributed by atoms with van der Waals surface area (Å²) in [6, 6.07) is 59.9. The van der Waals surface area contributed by atoms with Gasteiger partial charge in [0, 0.05) is 63.5 Å². The minimum absolute atomic E-state index is 0.0834. The van der Waals surface area contributed by atoms with Gasteiger partial charge in [-0.05, 0) is 109 Å². The van der Waals surface area contributed by atoms with Crippen LogP contribution in [0.5, 0.6) is 11.5 Å². The summed E-state index contributed by atoms with van der Waals surface area (Å²) < 4.78 is 91.4. The van der Waals surface area contributed by atoms with Gasteiger partial charge in [-0.2, -0.15) is 0 Å². The van der Waals surface area contributed by atoms with Crippen LogP contribution in [0.1, 0.15) is 91.1 Å². The van der Waals surface area contributed by atoms with Gasteiger partial charge in [-0.3, -0.25) is 4.57 Å². The standard InChI is InChI=1S/C69H68N4OSi/c1-67(2,3)45-33-34-70-64(38-45)73-61-29-18-17-25-57(61)58-32-31-49(42-63(58)73)74-50-39-48(40-51(41-50)75(10,11)12)71-43-72-65-52(44-35-46(68(4,5)6)37-47(36-44)69(7,8)9)26-19-27-59(65)55-23-15-13-21-53(55)54-22-14-16-24-56(54)60-28-20-30-62(71)66(60)72/h13-42H,43H2,1-12H3/i4D3,5D3,6D3. The van der Waals surface area contributed by atoms with Crippen molar-refractivity contribution in [3.63, 3.8) is 0 Å². The maximum Gasteiger partial charge on any atom is 0.137 e. The molecule has 0 spiro atoms. The maximum atomic E-state index is 8.85. The molecule has 3 aromatic heterocycles. The van der Waals surface area contributed by atoms with E-state index in [9.17, 15) is 0 Å². The molecule has 374 valence electrons. The fourth-order valence-corrected chi connectivity index (χ4v) is 12.4. The molecule has 8 aromatic carbocycles. The van der Waals surface area contributed by atoms with Crippen LogP contribution in [-0.2, 0) is 22.9 Å². The van der Waals surface area contributed by atoms with Crippen molar-refractivity contribution in [2.24, 2.45) is 0 Å². The lowest BCUT2D eigenvalue weighted by molar-refractivity contribution is 0.483. The highest BCUT2D eigenvalue weighted by Gasteiger charge is 2.29. The van der Waals surface area contributed by atoms with Gasteiger partial charge in [0.25, 0.3) is 0 Å². The second-order valence-electron chi connectivity index (χ2n) is 23.5. The normalized spacial score (nSPS) is 15.5. The Bertz CT molecular complexity index is 4510. The van der Waals surface area contributed by atoms with Gasteiger partial charge in [0.1, 0.15) is 24.0 Å². The Morgan fingerprint density at radius 1 is 0.493 bits per heavy atom. The summed E-state index contributed by atoms with van der Waals surface area (Å²) in [5, 5.41) is 9.31. The van der Waals surface area contributed by atoms with E-state index < -0.39 is 39.5 Å². The number of nitrogens with zero attached hydrogens (tertiary/aromatic N) is 4. The van der Waals surface area contributed by atoms with Crippen LogP contribution in [0.3, 0.4) is 0 Å². The summed E-state index contributed by atoms with van der Waals surface area (Å²) >= 11 is 0. The molecule has 11 aromatic rings. The van der Waals surface area contributed by atoms with Crippen molar-refractivity contribution in [3.05, 3.63) is 199 Å². The van der Waals surface area contributed by atoms with Crippen LogP contribution in [0, 0.1) is 0 Å². The molecule has 0 amide bonds. The molecular weight excluding hydrogens is 929 g/mol. The van der Waals surface area contributed by atoms with Crippen LogP contribution in [-0.4, -0.2) is 22.2 Å². The third kappa shape index (κ3) is 8.44. The van der Waals surface area contributed by atoms with Crippen molar-refractivity contribution in [1.82, 2.24) is 14.1 Å². The van der Waals surface area contributed by atoms with Crippen LogP contribution >= 0.6 is 0 Å². The van der Waals surface area contributed by atoms with Crippen molar-refractivity contribution in [2.45, 2.75) is 105 Å². The van der Waals surface area contributed by atoms with E-state index in [1.54, 1.807) is 0 Å². The summed E-state index contributed by atoms with van der Waals surface area (Å²) in [5.74, 6) is 2.19. The first kappa shape index (κ1) is 38.8. The van der Waals surface area contributed by atoms with Gasteiger partial charge in [0.2, 0.25) is 0 Å². The minimum atomic E-state index is -3.47. The predicted molar refractivity (Wildman–Crippen MR) is 324 cm³/mol. The number of fused-ring (bicyclic) bond motifs is 10. The predicted octanol–water partition coefficient (Wildman–Crippen LogP) is 18.7. The maximum absolute atomic E-state index is 8.85. The van der Waals surface area contributed by atoms with E-state index >= 15 is 0 Å². The highest BCUT2D eigenvalue weighted by molar-refractivity contribution is 6.88. The fraction of sp³-hybridized carbons (Fsp3) is 0.232. The Kier molecular flexibility index (Phi) is 9.04. The average Bonchev–Trinajstić information content (AvgIpc) is 0.849. The molecule has 0 unspecified atom stereocenters. The number of aromatic nitrogens is 3. The second kappa shape index (κ2) is 17.5. The van der Waals surface area contributed by atoms with E-state index in [-0.39, 0.29) is 11.0 Å². The molecule has 5 nitrogen and oxygen atoms in total. The lowest BCUT2D eigenvalue weighted by atomic mass is 9.78. The molecule has 6 heteroatoms. The second-order valence-corrected chi connectivity index (χ2v) is 28.6. The van der Waals surface area contributed by atoms with Gasteiger partial charge < -0.3 is 14.2 Å². The summed E-state index contributed by atoms with van der Waals surface area (Å²) in [4.78, 5) is 7.27. The molecule has 0 fully saturated rings. The highest BCUT2D eigenvalue weighted by Crippen LogP contribution is 2.46. The smallest absolute Gasteiger partial charge is 0.137 e. The van der Waals surface area contributed by atoms with Gasteiger partial charge in [-0.25, -0.2) is 4.98 Å². The first-order chi connectivity index (χ1) is 39.5. The van der Waals surface area contributed by atoms with E-state index in [1.165, 1.54) is 22.9 Å². The Hall–Kier alpha value is -7.67. The van der Waals surface area contributed by atoms with Crippen LogP contribution in [0.4, 0.5) is 11.4 Å². The zero-order valence-corrected chi connectivity index (χ0v) is 45.2. The largest absolute Gasteiger partial charge is 0.457 e. The molecule has 1 aliphatic rings. The van der Waals surface area contributed by atoms with Crippen molar-refractivity contribution >= 4 is 89.8 Å². The fourth-order valence-electron chi connectivity index (χ4n) is 11.2. The molecule has 0 saturated carbocycles. The van der Waals surface area contributed by atoms with Gasteiger partial charge in [-0.1, -0.05) is 202 Å². The first-order valence-electron chi connectivity index (χ1n) is 30.5. The van der Waals surface area contributed by atoms with Crippen molar-refractivity contribution in [3.8, 4) is 28.4 Å². The van der Waals surface area contributed by atoms with Crippen LogP contribution in [0.2, 0.25) is 19.6 Å². The third-order valence-electron chi connectivity index (χ3n) is 15.2. The van der Waals surface area contributed by atoms with E-state index in [2.05, 4.69) is 182 Å². The number of benzene rings is 8. The average molecular weight is 1010 g/mol. The molecule has 0 N–H and O–H groups in total. The Labute approximate surface area is 456 Å². The number of para-hydroxylation sites is 3. The molecule has 4 heterocycles. The topological polar surface area (TPSA) is 35.2 Å². The van der Waals surface area contributed by atoms with Crippen molar-refractivity contribution in [2.75, 3.05) is 4.90 Å². The number of hydrogen-bond acceptors (Lipinski definition) is 3. The molecule has 12 rings (SSSR count). The lowest BCUT2D eigenvalue weighted by Gasteiger charge is -2.27. The van der Waals surface area contributed by atoms with Gasteiger partial charge in [0.15, 0.2) is 0 Å². The first-order valence-corrected chi connectivity index (χ1v) is 29.5.